The van der Waals surface area contributed by atoms with Crippen molar-refractivity contribution in [2.75, 3.05) is 7.11 Å². The zero-order valence-electron chi connectivity index (χ0n) is 15.1. The van der Waals surface area contributed by atoms with E-state index in [1.165, 1.54) is 22.4 Å². The predicted octanol–water partition coefficient (Wildman–Crippen LogP) is 5.59. The van der Waals surface area contributed by atoms with Gasteiger partial charge in [-0.05, 0) is 55.2 Å². The number of hydrogen-bond donors (Lipinski definition) is 0. The van der Waals surface area contributed by atoms with Crippen LogP contribution in [0, 0.1) is 6.92 Å². The molecule has 0 aliphatic heterocycles. The number of para-hydroxylation sites is 1. The topological polar surface area (TPSA) is 27.1 Å². The summed E-state index contributed by atoms with van der Waals surface area (Å²) < 4.78 is 7.48. The van der Waals surface area contributed by atoms with Gasteiger partial charge in [0.15, 0.2) is 0 Å². The number of ether oxygens (including phenoxy) is 1. The number of aromatic nitrogens is 2. The van der Waals surface area contributed by atoms with Crippen molar-refractivity contribution in [2.45, 2.75) is 19.8 Å². The maximum absolute atomic E-state index is 5.28. The number of aryl methyl sites for hydroxylation is 1. The molecule has 0 atom stereocenters. The van der Waals surface area contributed by atoms with E-state index in [4.69, 9.17) is 4.74 Å². The zero-order valence-corrected chi connectivity index (χ0v) is 15.1. The quantitative estimate of drug-likeness (QED) is 0.618. The third-order valence-corrected chi connectivity index (χ3v) is 4.83. The van der Waals surface area contributed by atoms with Gasteiger partial charge in [0, 0.05) is 23.5 Å². The molecular formula is C23H22N2O. The van der Waals surface area contributed by atoms with Gasteiger partial charge in [-0.2, -0.15) is 0 Å². The van der Waals surface area contributed by atoms with Gasteiger partial charge >= 0.3 is 0 Å². The van der Waals surface area contributed by atoms with Crippen molar-refractivity contribution in [3.63, 3.8) is 0 Å². The Morgan fingerprint density at radius 3 is 2.65 bits per heavy atom. The van der Waals surface area contributed by atoms with E-state index in [0.717, 1.165) is 30.0 Å². The molecule has 0 bridgehead atoms. The first-order valence-electron chi connectivity index (χ1n) is 8.92. The van der Waals surface area contributed by atoms with Gasteiger partial charge < -0.3 is 4.74 Å². The molecule has 130 valence electrons. The Balaban J connectivity index is 1.86. The first-order valence-corrected chi connectivity index (χ1v) is 8.92. The van der Waals surface area contributed by atoms with Crippen LogP contribution in [0.3, 0.4) is 0 Å². The second-order valence-corrected chi connectivity index (χ2v) is 6.48. The van der Waals surface area contributed by atoms with Gasteiger partial charge in [0.05, 0.1) is 12.8 Å². The normalized spacial score (nSPS) is 13.5. The fourth-order valence-electron chi connectivity index (χ4n) is 3.50. The fraction of sp³-hybridized carbons (Fsp3) is 0.174. The second kappa shape index (κ2) is 7.04. The summed E-state index contributed by atoms with van der Waals surface area (Å²) in [5.74, 6) is 1.79. The molecule has 0 saturated carbocycles. The number of hydrogen-bond acceptors (Lipinski definition) is 2. The lowest BCUT2D eigenvalue weighted by Gasteiger charge is -2.19. The summed E-state index contributed by atoms with van der Waals surface area (Å²) in [4.78, 5) is 4.63. The molecule has 0 spiro atoms. The Labute approximate surface area is 154 Å². The molecule has 1 aromatic heterocycles. The fourth-order valence-corrected chi connectivity index (χ4v) is 3.50. The van der Waals surface area contributed by atoms with E-state index in [-0.39, 0.29) is 0 Å². The van der Waals surface area contributed by atoms with Crippen LogP contribution in [0.25, 0.3) is 22.6 Å². The lowest BCUT2D eigenvalue weighted by Crippen LogP contribution is -2.04. The lowest BCUT2D eigenvalue weighted by molar-refractivity contribution is 0.415. The van der Waals surface area contributed by atoms with E-state index in [0.29, 0.717) is 0 Å². The van der Waals surface area contributed by atoms with Gasteiger partial charge in [-0.3, -0.25) is 4.57 Å². The highest BCUT2D eigenvalue weighted by Crippen LogP contribution is 2.33. The maximum atomic E-state index is 5.28. The third kappa shape index (κ3) is 2.97. The third-order valence-electron chi connectivity index (χ3n) is 4.83. The highest BCUT2D eigenvalue weighted by atomic mass is 16.5. The van der Waals surface area contributed by atoms with Crippen molar-refractivity contribution < 1.29 is 4.74 Å². The molecule has 0 unspecified atom stereocenters. The van der Waals surface area contributed by atoms with Crippen LogP contribution in [0.5, 0.6) is 5.75 Å². The predicted molar refractivity (Wildman–Crippen MR) is 107 cm³/mol. The molecule has 0 radical (unpaired) electrons. The van der Waals surface area contributed by atoms with E-state index in [1.54, 1.807) is 7.11 Å². The first kappa shape index (κ1) is 16.4. The van der Waals surface area contributed by atoms with Crippen molar-refractivity contribution in [2.24, 2.45) is 0 Å². The van der Waals surface area contributed by atoms with E-state index in [9.17, 15) is 0 Å². The van der Waals surface area contributed by atoms with Gasteiger partial charge in [-0.15, -0.1) is 0 Å². The number of imidazole rings is 1. The van der Waals surface area contributed by atoms with Crippen LogP contribution in [0.15, 0.2) is 73.1 Å². The number of benzene rings is 2. The monoisotopic (exact) mass is 342 g/mol. The molecule has 0 fully saturated rings. The van der Waals surface area contributed by atoms with Crippen LogP contribution in [0.2, 0.25) is 0 Å². The average molecular weight is 342 g/mol. The van der Waals surface area contributed by atoms with Crippen molar-refractivity contribution >= 4 is 5.57 Å². The number of allylic oxidation sites excluding steroid dienone is 4. The van der Waals surface area contributed by atoms with Gasteiger partial charge in [0.1, 0.15) is 11.6 Å². The molecule has 1 heterocycles. The molecule has 3 heteroatoms. The molecule has 1 aliphatic rings. The van der Waals surface area contributed by atoms with Crippen molar-refractivity contribution in [1.82, 2.24) is 9.55 Å². The van der Waals surface area contributed by atoms with Gasteiger partial charge in [-0.1, -0.05) is 36.4 Å². The number of methoxy groups -OCH3 is 1. The van der Waals surface area contributed by atoms with Gasteiger partial charge in [0.2, 0.25) is 0 Å². The molecule has 0 saturated heterocycles. The molecule has 0 N–H and O–H groups in total. The smallest absolute Gasteiger partial charge is 0.144 e. The molecule has 0 amide bonds. The van der Waals surface area contributed by atoms with Crippen molar-refractivity contribution in [3.05, 3.63) is 84.2 Å². The van der Waals surface area contributed by atoms with Gasteiger partial charge in [-0.25, -0.2) is 4.98 Å². The number of nitrogens with zero attached hydrogens (tertiary/aromatic N) is 2. The minimum absolute atomic E-state index is 0.850. The molecule has 4 rings (SSSR count). The molecule has 3 aromatic rings. The minimum Gasteiger partial charge on any atom is -0.497 e. The van der Waals surface area contributed by atoms with Crippen LogP contribution >= 0.6 is 0 Å². The van der Waals surface area contributed by atoms with E-state index in [2.05, 4.69) is 65.0 Å². The van der Waals surface area contributed by atoms with Crippen molar-refractivity contribution in [3.8, 4) is 22.8 Å². The van der Waals surface area contributed by atoms with Crippen LogP contribution in [0.4, 0.5) is 0 Å². The minimum atomic E-state index is 0.850. The molecule has 3 nitrogen and oxygen atoms in total. The molecular weight excluding hydrogens is 320 g/mol. The SMILES string of the molecule is COc1ccc(-c2nccn2-c2c(C)cccc2C2=CC=CCC2)cc1. The largest absolute Gasteiger partial charge is 0.497 e. The maximum Gasteiger partial charge on any atom is 0.144 e. The van der Waals surface area contributed by atoms with E-state index >= 15 is 0 Å². The zero-order chi connectivity index (χ0) is 17.9. The summed E-state index contributed by atoms with van der Waals surface area (Å²) in [6, 6.07) is 14.6. The Bertz CT molecular complexity index is 978. The summed E-state index contributed by atoms with van der Waals surface area (Å²) in [7, 11) is 1.68. The summed E-state index contributed by atoms with van der Waals surface area (Å²) in [5, 5.41) is 0. The average Bonchev–Trinajstić information content (AvgIpc) is 3.18. The standard InChI is InChI=1S/C23H22N2O/c1-17-7-6-10-21(18-8-4-3-5-9-18)22(17)25-16-15-24-23(25)19-11-13-20(26-2)14-12-19/h3-4,6-8,10-16H,5,9H2,1-2H3. The van der Waals surface area contributed by atoms with Gasteiger partial charge in [0.25, 0.3) is 0 Å². The van der Waals surface area contributed by atoms with Crippen LogP contribution in [-0.4, -0.2) is 16.7 Å². The van der Waals surface area contributed by atoms with Crippen molar-refractivity contribution in [1.29, 1.82) is 0 Å². The van der Waals surface area contributed by atoms with E-state index < -0.39 is 0 Å². The van der Waals surface area contributed by atoms with Crippen LogP contribution in [-0.2, 0) is 0 Å². The highest BCUT2D eigenvalue weighted by Gasteiger charge is 2.16. The molecule has 1 aliphatic carbocycles. The summed E-state index contributed by atoms with van der Waals surface area (Å²) >= 11 is 0. The molecule has 2 aromatic carbocycles. The Hall–Kier alpha value is -3.07. The van der Waals surface area contributed by atoms with E-state index in [1.807, 2.05) is 24.5 Å². The summed E-state index contributed by atoms with van der Waals surface area (Å²) in [6.07, 6.45) is 12.7. The second-order valence-electron chi connectivity index (χ2n) is 6.48. The Morgan fingerprint density at radius 1 is 1.08 bits per heavy atom. The van der Waals surface area contributed by atoms with Crippen LogP contribution < -0.4 is 4.74 Å². The Morgan fingerprint density at radius 2 is 1.92 bits per heavy atom. The summed E-state index contributed by atoms with van der Waals surface area (Å²) in [6.45, 7) is 2.16. The first-order chi connectivity index (χ1) is 12.8. The lowest BCUT2D eigenvalue weighted by atomic mass is 9.94. The Kier molecular flexibility index (Phi) is 4.44. The number of rotatable bonds is 4. The van der Waals surface area contributed by atoms with Crippen LogP contribution in [0.1, 0.15) is 24.0 Å². The summed E-state index contributed by atoms with van der Waals surface area (Å²) in [5.41, 5.74) is 6.17. The molecule has 26 heavy (non-hydrogen) atoms. The highest BCUT2D eigenvalue weighted by molar-refractivity contribution is 5.77.